The molecule has 10 heteroatoms. The van der Waals surface area contributed by atoms with Gasteiger partial charge in [-0.25, -0.2) is 18.3 Å². The monoisotopic (exact) mass is 505 g/mol. The summed E-state index contributed by atoms with van der Waals surface area (Å²) in [6.45, 7) is 3.42. The van der Waals surface area contributed by atoms with E-state index < -0.39 is 11.5 Å². The smallest absolute Gasteiger partial charge is 0.338 e. The van der Waals surface area contributed by atoms with Crippen LogP contribution in [0.15, 0.2) is 41.5 Å². The van der Waals surface area contributed by atoms with Gasteiger partial charge in [-0.2, -0.15) is 5.10 Å². The van der Waals surface area contributed by atoms with Crippen molar-refractivity contribution in [2.75, 3.05) is 12.4 Å². The van der Waals surface area contributed by atoms with Gasteiger partial charge in [0.15, 0.2) is 5.82 Å². The minimum atomic E-state index is -0.665. The van der Waals surface area contributed by atoms with Crippen LogP contribution in [0, 0.1) is 30.9 Å². The van der Waals surface area contributed by atoms with Gasteiger partial charge in [-0.3, -0.25) is 9.13 Å². The predicted molar refractivity (Wildman–Crippen MR) is 140 cm³/mol. The van der Waals surface area contributed by atoms with E-state index in [4.69, 9.17) is 10.5 Å². The standard InChI is InChI=1S/C27H27F2N7O.H2/c1-14-10-17(11-15(2)24(14)28)36-26(23-20-5-4-16(32-20)12-21(23)33-36)35-9-8-34(27(35)37)22-7-6-19(31-3)18(13-30)25(22)29;/h6-11,13,16,20,30-32H,4-5,12H2,1-3H3;1H. The van der Waals surface area contributed by atoms with Gasteiger partial charge in [0, 0.05) is 56.8 Å². The number of hydrogen-bond donors (Lipinski definition) is 3. The highest BCUT2D eigenvalue weighted by molar-refractivity contribution is 5.87. The molecule has 4 heterocycles. The zero-order valence-electron chi connectivity index (χ0n) is 20.8. The quantitative estimate of drug-likeness (QED) is 0.352. The Balaban J connectivity index is 0.00000294. The molecule has 0 radical (unpaired) electrons. The average molecular weight is 506 g/mol. The van der Waals surface area contributed by atoms with Gasteiger partial charge < -0.3 is 16.0 Å². The Labute approximate surface area is 213 Å². The number of benzene rings is 2. The lowest BCUT2D eigenvalue weighted by atomic mass is 10.0. The van der Waals surface area contributed by atoms with Gasteiger partial charge in [-0.05, 0) is 62.1 Å². The molecule has 0 spiro atoms. The Kier molecular flexibility index (Phi) is 5.38. The fraction of sp³-hybridized carbons (Fsp3) is 0.296. The van der Waals surface area contributed by atoms with Crippen LogP contribution in [0.4, 0.5) is 14.5 Å². The number of halogens is 2. The van der Waals surface area contributed by atoms with E-state index in [-0.39, 0.29) is 24.5 Å². The summed E-state index contributed by atoms with van der Waals surface area (Å²) in [5, 5.41) is 19.0. The Morgan fingerprint density at radius 1 is 1.14 bits per heavy atom. The summed E-state index contributed by atoms with van der Waals surface area (Å²) in [5.74, 6) is -0.363. The van der Waals surface area contributed by atoms with Crippen LogP contribution in [0.2, 0.25) is 0 Å². The number of hydrogen-bond acceptors (Lipinski definition) is 5. The molecule has 2 aliphatic heterocycles. The highest BCUT2D eigenvalue weighted by atomic mass is 19.1. The number of nitrogens with one attached hydrogen (secondary N) is 3. The Bertz CT molecular complexity index is 1610. The summed E-state index contributed by atoms with van der Waals surface area (Å²) in [7, 11) is 1.65. The molecule has 37 heavy (non-hydrogen) atoms. The molecule has 2 bridgehead atoms. The molecule has 8 nitrogen and oxygen atoms in total. The van der Waals surface area contributed by atoms with Crippen molar-refractivity contribution in [2.45, 2.75) is 45.2 Å². The maximum Gasteiger partial charge on any atom is 0.338 e. The second-order valence-corrected chi connectivity index (χ2v) is 9.76. The lowest BCUT2D eigenvalue weighted by molar-refractivity contribution is 0.509. The van der Waals surface area contributed by atoms with Crippen molar-refractivity contribution in [3.63, 3.8) is 0 Å². The summed E-state index contributed by atoms with van der Waals surface area (Å²) in [4.78, 5) is 13.8. The summed E-state index contributed by atoms with van der Waals surface area (Å²) in [6.07, 6.45) is 6.75. The van der Waals surface area contributed by atoms with Crippen molar-refractivity contribution in [1.82, 2.24) is 24.2 Å². The molecule has 0 aliphatic carbocycles. The number of aryl methyl sites for hydroxylation is 2. The van der Waals surface area contributed by atoms with Crippen molar-refractivity contribution in [3.8, 4) is 17.2 Å². The van der Waals surface area contributed by atoms with E-state index in [0.29, 0.717) is 34.4 Å². The molecule has 3 N–H and O–H groups in total. The minimum absolute atomic E-state index is 0. The molecular weight excluding hydrogens is 476 g/mol. The number of nitrogens with zero attached hydrogens (tertiary/aromatic N) is 4. The second-order valence-electron chi connectivity index (χ2n) is 9.76. The third kappa shape index (κ3) is 3.46. The average Bonchev–Trinajstić information content (AvgIpc) is 3.57. The summed E-state index contributed by atoms with van der Waals surface area (Å²) < 4.78 is 34.3. The number of imidazole rings is 1. The largest absolute Gasteiger partial charge is 0.388 e. The van der Waals surface area contributed by atoms with Crippen LogP contribution in [0.5, 0.6) is 0 Å². The molecule has 1 fully saturated rings. The topological polar surface area (TPSA) is 92.7 Å². The SMILES string of the molecule is CNc1ccc(-n2ccn(-c3c4c(nn3-c3cc(C)c(F)c(C)c3)CC3CCC4N3)c2=O)c(F)c1C=N.[HH]. The molecule has 2 aliphatic rings. The maximum absolute atomic E-state index is 15.4. The normalized spacial score (nSPS) is 18.2. The molecule has 192 valence electrons. The lowest BCUT2D eigenvalue weighted by Gasteiger charge is -2.21. The van der Waals surface area contributed by atoms with Crippen molar-refractivity contribution < 1.29 is 10.2 Å². The van der Waals surface area contributed by atoms with Crippen LogP contribution >= 0.6 is 0 Å². The molecule has 1 saturated heterocycles. The summed E-state index contributed by atoms with van der Waals surface area (Å²) in [5.41, 5.74) is 3.61. The third-order valence-electron chi connectivity index (χ3n) is 7.51. The minimum Gasteiger partial charge on any atom is -0.388 e. The molecule has 0 saturated carbocycles. The fourth-order valence-electron chi connectivity index (χ4n) is 5.72. The maximum atomic E-state index is 15.4. The van der Waals surface area contributed by atoms with E-state index in [1.807, 2.05) is 0 Å². The van der Waals surface area contributed by atoms with Crippen molar-refractivity contribution in [1.29, 1.82) is 5.41 Å². The molecule has 2 aromatic heterocycles. The summed E-state index contributed by atoms with van der Waals surface area (Å²) >= 11 is 0. The lowest BCUT2D eigenvalue weighted by Crippen LogP contribution is -2.32. The van der Waals surface area contributed by atoms with Crippen molar-refractivity contribution in [2.24, 2.45) is 0 Å². The molecule has 2 unspecified atom stereocenters. The second kappa shape index (κ2) is 8.52. The van der Waals surface area contributed by atoms with Crippen LogP contribution in [-0.2, 0) is 6.42 Å². The Hall–Kier alpha value is -4.05. The number of anilines is 1. The first-order chi connectivity index (χ1) is 17.8. The van der Waals surface area contributed by atoms with Gasteiger partial charge in [0.05, 0.1) is 22.6 Å². The zero-order chi connectivity index (χ0) is 26.0. The van der Waals surface area contributed by atoms with Gasteiger partial charge >= 0.3 is 5.69 Å². The van der Waals surface area contributed by atoms with Crippen molar-refractivity contribution in [3.05, 3.63) is 86.7 Å². The number of rotatable bonds is 5. The van der Waals surface area contributed by atoms with Crippen LogP contribution in [0.1, 0.15) is 48.3 Å². The first-order valence-corrected chi connectivity index (χ1v) is 12.3. The zero-order valence-corrected chi connectivity index (χ0v) is 20.8. The molecule has 2 aromatic carbocycles. The highest BCUT2D eigenvalue weighted by Gasteiger charge is 2.38. The first-order valence-electron chi connectivity index (χ1n) is 12.3. The van der Waals surface area contributed by atoms with Crippen LogP contribution in [0.3, 0.4) is 0 Å². The van der Waals surface area contributed by atoms with E-state index in [0.717, 1.165) is 36.7 Å². The van der Waals surface area contributed by atoms with Crippen molar-refractivity contribution >= 4 is 11.9 Å². The predicted octanol–water partition coefficient (Wildman–Crippen LogP) is 4.34. The van der Waals surface area contributed by atoms with Crippen LogP contribution in [0.25, 0.3) is 17.2 Å². The van der Waals surface area contributed by atoms with E-state index in [1.54, 1.807) is 50.0 Å². The molecule has 0 amide bonds. The van der Waals surface area contributed by atoms with Gasteiger partial charge in [0.1, 0.15) is 11.6 Å². The van der Waals surface area contributed by atoms with Crippen LogP contribution < -0.4 is 16.3 Å². The van der Waals surface area contributed by atoms with E-state index in [9.17, 15) is 9.18 Å². The first kappa shape index (κ1) is 23.4. The fourth-order valence-corrected chi connectivity index (χ4v) is 5.72. The Morgan fingerprint density at radius 2 is 1.86 bits per heavy atom. The highest BCUT2D eigenvalue weighted by Crippen LogP contribution is 2.40. The van der Waals surface area contributed by atoms with Gasteiger partial charge in [-0.15, -0.1) is 0 Å². The van der Waals surface area contributed by atoms with E-state index in [1.165, 1.54) is 21.4 Å². The number of fused-ring (bicyclic) bond motifs is 4. The van der Waals surface area contributed by atoms with E-state index in [2.05, 4.69) is 10.6 Å². The molecule has 2 atom stereocenters. The molecule has 6 rings (SSSR count). The Morgan fingerprint density at radius 3 is 2.57 bits per heavy atom. The van der Waals surface area contributed by atoms with Crippen LogP contribution in [-0.4, -0.2) is 38.2 Å². The molecule has 4 aromatic rings. The third-order valence-corrected chi connectivity index (χ3v) is 7.51. The van der Waals surface area contributed by atoms with Gasteiger partial charge in [-0.1, -0.05) is 0 Å². The number of aromatic nitrogens is 4. The van der Waals surface area contributed by atoms with E-state index >= 15 is 4.39 Å². The molecular formula is C27H29F2N7O. The summed E-state index contributed by atoms with van der Waals surface area (Å²) in [6, 6.07) is 7.00. The van der Waals surface area contributed by atoms with Gasteiger partial charge in [0.2, 0.25) is 0 Å². The van der Waals surface area contributed by atoms with Gasteiger partial charge in [0.25, 0.3) is 0 Å².